The lowest BCUT2D eigenvalue weighted by molar-refractivity contribution is 0.434. The molecule has 4 heterocycles. The summed E-state index contributed by atoms with van der Waals surface area (Å²) >= 11 is 0. The molecule has 4 aromatic heterocycles. The molecular formula is C53H35N5. The fraction of sp³-hybridized carbons (Fsp3) is 0. The van der Waals surface area contributed by atoms with E-state index < -0.39 is 0 Å². The molecule has 0 spiro atoms. The van der Waals surface area contributed by atoms with Crippen LogP contribution in [0.3, 0.4) is 0 Å². The Bertz CT molecular complexity index is 3440. The molecule has 58 heavy (non-hydrogen) atoms. The quantitative estimate of drug-likeness (QED) is 0.167. The maximum Gasteiger partial charge on any atom is 0.186 e. The van der Waals surface area contributed by atoms with E-state index in [4.69, 9.17) is 5.10 Å². The molecule has 0 atom stereocenters. The number of hydrogen-bond acceptors (Lipinski definition) is 1. The standard InChI is InChI=1S/C53H35N5/c1-4-15-36(16-5-1)40-31-41(37-17-6-2-7-18-37)33-42(32-40)44-23-14-30-55-53(44)54-58(55)57-51-25-13-11-22-46(51)48-35-39(27-29-52(48)57)38-26-28-50-47(34-38)45-21-10-12-24-49(45)56(50)43-19-8-3-9-20-43/h1-35H. The molecule has 0 fully saturated rings. The first kappa shape index (κ1) is 32.4. The van der Waals surface area contributed by atoms with Gasteiger partial charge in [-0.2, -0.15) is 0 Å². The van der Waals surface area contributed by atoms with E-state index in [1.54, 1.807) is 0 Å². The Hall–Kier alpha value is -7.89. The summed E-state index contributed by atoms with van der Waals surface area (Å²) in [5.41, 5.74) is 16.0. The van der Waals surface area contributed by atoms with E-state index >= 15 is 0 Å². The summed E-state index contributed by atoms with van der Waals surface area (Å²) in [5, 5.41) is 10.1. The van der Waals surface area contributed by atoms with Gasteiger partial charge in [0, 0.05) is 39.0 Å². The number of hydrogen-bond donors (Lipinski definition) is 0. The van der Waals surface area contributed by atoms with Crippen molar-refractivity contribution in [3.05, 3.63) is 212 Å². The van der Waals surface area contributed by atoms with Crippen LogP contribution in [-0.4, -0.2) is 23.8 Å². The molecule has 5 heteroatoms. The third-order valence-electron chi connectivity index (χ3n) is 11.6. The molecule has 0 amide bonds. The Morgan fingerprint density at radius 2 is 0.828 bits per heavy atom. The lowest BCUT2D eigenvalue weighted by Gasteiger charge is -2.21. The number of fused-ring (bicyclic) bond motifs is 7. The number of para-hydroxylation sites is 3. The average molecular weight is 742 g/mol. The summed E-state index contributed by atoms with van der Waals surface area (Å²) in [6.07, 6.45) is 2.10. The van der Waals surface area contributed by atoms with Gasteiger partial charge in [0.15, 0.2) is 5.65 Å². The number of nitrogens with zero attached hydrogens (tertiary/aromatic N) is 5. The minimum Gasteiger partial charge on any atom is -0.309 e. The average Bonchev–Trinajstić information content (AvgIpc) is 3.79. The van der Waals surface area contributed by atoms with Gasteiger partial charge in [-0.25, -0.2) is 9.19 Å². The van der Waals surface area contributed by atoms with Crippen molar-refractivity contribution in [2.75, 3.05) is 0 Å². The first-order chi connectivity index (χ1) is 28.8. The summed E-state index contributed by atoms with van der Waals surface area (Å²) in [6, 6.07) is 74.1. The van der Waals surface area contributed by atoms with E-state index in [0.717, 1.165) is 33.5 Å². The lowest BCUT2D eigenvalue weighted by Crippen LogP contribution is -2.27. The molecule has 0 aliphatic heterocycles. The Morgan fingerprint density at radius 3 is 1.50 bits per heavy atom. The predicted octanol–water partition coefficient (Wildman–Crippen LogP) is 13.3. The van der Waals surface area contributed by atoms with Crippen molar-refractivity contribution in [1.29, 1.82) is 0 Å². The summed E-state index contributed by atoms with van der Waals surface area (Å²) in [7, 11) is 0. The number of pyridine rings is 1. The molecule has 0 aliphatic rings. The molecule has 0 bridgehead atoms. The minimum absolute atomic E-state index is 0.914. The van der Waals surface area contributed by atoms with Gasteiger partial charge in [-0.1, -0.05) is 132 Å². The fourth-order valence-corrected chi connectivity index (χ4v) is 8.90. The second kappa shape index (κ2) is 12.8. The highest BCUT2D eigenvalue weighted by molar-refractivity contribution is 6.12. The predicted molar refractivity (Wildman–Crippen MR) is 240 cm³/mol. The van der Waals surface area contributed by atoms with Crippen LogP contribution in [0.25, 0.3) is 99.5 Å². The van der Waals surface area contributed by atoms with E-state index in [0.29, 0.717) is 0 Å². The van der Waals surface area contributed by atoms with Crippen LogP contribution in [0.15, 0.2) is 212 Å². The monoisotopic (exact) mass is 741 g/mol. The summed E-state index contributed by atoms with van der Waals surface area (Å²) in [5.74, 6) is 0. The van der Waals surface area contributed by atoms with Gasteiger partial charge < -0.3 is 4.57 Å². The van der Waals surface area contributed by atoms with Gasteiger partial charge in [0.05, 0.1) is 22.1 Å². The van der Waals surface area contributed by atoms with Crippen LogP contribution in [-0.2, 0) is 0 Å². The smallest absolute Gasteiger partial charge is 0.186 e. The first-order valence-electron chi connectivity index (χ1n) is 19.7. The van der Waals surface area contributed by atoms with Gasteiger partial charge in [0.2, 0.25) is 0 Å². The molecule has 0 saturated carbocycles. The molecule has 0 saturated heterocycles. The third kappa shape index (κ3) is 5.00. The summed E-state index contributed by atoms with van der Waals surface area (Å²) < 4.78 is 6.76. The van der Waals surface area contributed by atoms with Crippen molar-refractivity contribution in [2.24, 2.45) is 0 Å². The van der Waals surface area contributed by atoms with Gasteiger partial charge in [-0.05, 0) is 118 Å². The van der Waals surface area contributed by atoms with Gasteiger partial charge in [-0.15, -0.1) is 5.10 Å². The molecule has 272 valence electrons. The third-order valence-corrected chi connectivity index (χ3v) is 11.6. The van der Waals surface area contributed by atoms with Gasteiger partial charge in [0.1, 0.15) is 0 Å². The van der Waals surface area contributed by atoms with Crippen LogP contribution in [0.1, 0.15) is 0 Å². The molecule has 0 aliphatic carbocycles. The Morgan fingerprint density at radius 1 is 0.328 bits per heavy atom. The number of aromatic nitrogens is 5. The van der Waals surface area contributed by atoms with Crippen molar-refractivity contribution in [2.45, 2.75) is 0 Å². The highest BCUT2D eigenvalue weighted by Gasteiger charge is 2.20. The SMILES string of the molecule is c1ccc(-c2cc(-c3ccccc3)cc(-c3cccn4c3nn4-n3c4ccccc4c4cc(-c5ccc6c(c5)c5ccccc5n6-c5ccccc5)ccc43)c2)cc1. The van der Waals surface area contributed by atoms with Gasteiger partial charge >= 0.3 is 0 Å². The highest BCUT2D eigenvalue weighted by atomic mass is 15.8. The molecule has 12 aromatic rings. The second-order valence-electron chi connectivity index (χ2n) is 15.0. The minimum atomic E-state index is 0.914. The number of benzene rings is 8. The van der Waals surface area contributed by atoms with Crippen LogP contribution in [0.5, 0.6) is 0 Å². The summed E-state index contributed by atoms with van der Waals surface area (Å²) in [6.45, 7) is 0. The van der Waals surface area contributed by atoms with Crippen molar-refractivity contribution in [3.63, 3.8) is 0 Å². The Balaban J connectivity index is 0.990. The molecule has 12 rings (SSSR count). The van der Waals surface area contributed by atoms with Crippen molar-refractivity contribution in [1.82, 2.24) is 23.8 Å². The number of rotatable bonds is 6. The van der Waals surface area contributed by atoms with Crippen molar-refractivity contribution in [3.8, 4) is 50.2 Å². The molecule has 0 unspecified atom stereocenters. The zero-order valence-electron chi connectivity index (χ0n) is 31.4. The lowest BCUT2D eigenvalue weighted by atomic mass is 9.93. The van der Waals surface area contributed by atoms with E-state index in [1.807, 2.05) is 4.91 Å². The van der Waals surface area contributed by atoms with E-state index in [9.17, 15) is 0 Å². The van der Waals surface area contributed by atoms with Gasteiger partial charge in [-0.3, -0.25) is 0 Å². The van der Waals surface area contributed by atoms with Crippen LogP contribution >= 0.6 is 0 Å². The Labute approximate surface area is 334 Å². The van der Waals surface area contributed by atoms with E-state index in [1.165, 1.54) is 66.0 Å². The van der Waals surface area contributed by atoms with Crippen LogP contribution in [0, 0.1) is 0 Å². The maximum atomic E-state index is 5.24. The van der Waals surface area contributed by atoms with Crippen LogP contribution in [0.2, 0.25) is 0 Å². The first-order valence-corrected chi connectivity index (χ1v) is 19.7. The van der Waals surface area contributed by atoms with E-state index in [2.05, 4.69) is 226 Å². The zero-order valence-corrected chi connectivity index (χ0v) is 31.4. The maximum absolute atomic E-state index is 5.24. The topological polar surface area (TPSA) is 32.1 Å². The van der Waals surface area contributed by atoms with Crippen molar-refractivity contribution >= 4 is 49.3 Å². The highest BCUT2D eigenvalue weighted by Crippen LogP contribution is 2.39. The normalized spacial score (nSPS) is 11.8. The van der Waals surface area contributed by atoms with Crippen molar-refractivity contribution < 1.29 is 0 Å². The molecular weight excluding hydrogens is 707 g/mol. The van der Waals surface area contributed by atoms with Crippen LogP contribution in [0.4, 0.5) is 0 Å². The fourth-order valence-electron chi connectivity index (χ4n) is 8.90. The van der Waals surface area contributed by atoms with Gasteiger partial charge in [0.25, 0.3) is 0 Å². The molecule has 0 radical (unpaired) electrons. The summed E-state index contributed by atoms with van der Waals surface area (Å²) in [4.78, 5) is 1.99. The largest absolute Gasteiger partial charge is 0.309 e. The molecule has 8 aromatic carbocycles. The zero-order chi connectivity index (χ0) is 38.2. The Kier molecular flexibility index (Phi) is 7.16. The molecule has 5 nitrogen and oxygen atoms in total. The molecule has 0 N–H and O–H groups in total. The second-order valence-corrected chi connectivity index (χ2v) is 15.0. The van der Waals surface area contributed by atoms with Crippen LogP contribution < -0.4 is 0 Å². The van der Waals surface area contributed by atoms with E-state index in [-0.39, 0.29) is 0 Å².